The number of hydrogen-bond donors (Lipinski definition) is 1. The van der Waals surface area contributed by atoms with Crippen LogP contribution in [0.2, 0.25) is 5.04 Å². The molecule has 0 spiro atoms. The number of ether oxygens (including phenoxy) is 1. The summed E-state index contributed by atoms with van der Waals surface area (Å²) in [4.78, 5) is 24.5. The van der Waals surface area contributed by atoms with Crippen LogP contribution in [-0.2, 0) is 25.4 Å². The van der Waals surface area contributed by atoms with E-state index >= 15 is 0 Å². The highest BCUT2D eigenvalue weighted by Gasteiger charge is 2.51. The molecule has 0 saturated carbocycles. The van der Waals surface area contributed by atoms with Crippen molar-refractivity contribution in [3.8, 4) is 0 Å². The van der Waals surface area contributed by atoms with E-state index < -0.39 is 26.4 Å². The van der Waals surface area contributed by atoms with E-state index in [-0.39, 0.29) is 24.5 Å². The summed E-state index contributed by atoms with van der Waals surface area (Å²) in [7, 11) is -3.00. The first-order valence-corrected chi connectivity index (χ1v) is 13.3. The largest absolute Gasteiger partial charge is 0.481 e. The van der Waals surface area contributed by atoms with E-state index in [4.69, 9.17) is 9.16 Å². The smallest absolute Gasteiger partial charge is 0.308 e. The van der Waals surface area contributed by atoms with E-state index in [1.807, 2.05) is 91.0 Å². The second-order valence-electron chi connectivity index (χ2n) is 9.35. The van der Waals surface area contributed by atoms with Gasteiger partial charge in [-0.3, -0.25) is 9.59 Å². The minimum absolute atomic E-state index is 0.135. The van der Waals surface area contributed by atoms with Gasteiger partial charge in [0.2, 0.25) is 0 Å². The van der Waals surface area contributed by atoms with Crippen LogP contribution in [0.4, 0.5) is 0 Å². The summed E-state index contributed by atoms with van der Waals surface area (Å²) in [5.41, 5.74) is 0.874. The lowest BCUT2D eigenvalue weighted by atomic mass is 10.2. The Morgan fingerprint density at radius 3 is 1.71 bits per heavy atom. The lowest BCUT2D eigenvalue weighted by Gasteiger charge is -2.45. The van der Waals surface area contributed by atoms with Crippen molar-refractivity contribution in [2.75, 3.05) is 0 Å². The van der Waals surface area contributed by atoms with Gasteiger partial charge in [0.1, 0.15) is 6.61 Å². The van der Waals surface area contributed by atoms with Gasteiger partial charge in [0.25, 0.3) is 8.32 Å². The van der Waals surface area contributed by atoms with Crippen LogP contribution in [0.3, 0.4) is 0 Å². The fourth-order valence-electron chi connectivity index (χ4n) is 4.27. The minimum Gasteiger partial charge on any atom is -0.481 e. The maximum absolute atomic E-state index is 12.7. The molecule has 34 heavy (non-hydrogen) atoms. The Morgan fingerprint density at radius 2 is 1.26 bits per heavy atom. The molecule has 0 radical (unpaired) electrons. The van der Waals surface area contributed by atoms with Crippen molar-refractivity contribution in [1.82, 2.24) is 0 Å². The Labute approximate surface area is 202 Å². The van der Waals surface area contributed by atoms with Crippen molar-refractivity contribution in [2.24, 2.45) is 0 Å². The van der Waals surface area contributed by atoms with E-state index in [2.05, 4.69) is 20.8 Å². The summed E-state index contributed by atoms with van der Waals surface area (Å²) >= 11 is 0. The lowest BCUT2D eigenvalue weighted by molar-refractivity contribution is -0.148. The maximum atomic E-state index is 12.7. The Hall–Kier alpha value is -3.22. The number of rotatable bonds is 10. The molecule has 0 saturated heterocycles. The standard InChI is InChI=1S/C28H32O5Si/c1-28(2,3)34(24-15-9-5-10-16-24,25-17-11-6-12-18-25)33-23(19-26(29)30)20-27(31)32-21-22-13-7-4-8-14-22/h4-18,23H,19-21H2,1-3H3,(H,29,30)/t23-/m1/s1. The van der Waals surface area contributed by atoms with Crippen molar-refractivity contribution >= 4 is 30.6 Å². The van der Waals surface area contributed by atoms with Gasteiger partial charge in [0.15, 0.2) is 0 Å². The number of carbonyl (C=O) groups excluding carboxylic acids is 1. The van der Waals surface area contributed by atoms with E-state index in [0.29, 0.717) is 0 Å². The molecule has 0 fully saturated rings. The maximum Gasteiger partial charge on any atom is 0.308 e. The third kappa shape index (κ3) is 6.21. The highest BCUT2D eigenvalue weighted by molar-refractivity contribution is 6.99. The summed E-state index contributed by atoms with van der Waals surface area (Å²) in [6.07, 6.45) is -1.25. The molecule has 0 heterocycles. The van der Waals surface area contributed by atoms with E-state index in [1.54, 1.807) is 0 Å². The molecule has 0 unspecified atom stereocenters. The third-order valence-electron chi connectivity index (χ3n) is 5.80. The van der Waals surface area contributed by atoms with Crippen LogP contribution in [0.15, 0.2) is 91.0 Å². The Balaban J connectivity index is 1.95. The average molecular weight is 477 g/mol. The molecule has 6 heteroatoms. The molecule has 0 aliphatic carbocycles. The van der Waals surface area contributed by atoms with Gasteiger partial charge in [0, 0.05) is 0 Å². The summed E-state index contributed by atoms with van der Waals surface area (Å²) in [5, 5.41) is 11.4. The molecule has 1 atom stereocenters. The van der Waals surface area contributed by atoms with Crippen LogP contribution >= 0.6 is 0 Å². The van der Waals surface area contributed by atoms with Gasteiger partial charge < -0.3 is 14.3 Å². The summed E-state index contributed by atoms with van der Waals surface area (Å²) < 4.78 is 12.3. The number of hydrogen-bond acceptors (Lipinski definition) is 4. The summed E-state index contributed by atoms with van der Waals surface area (Å²) in [5.74, 6) is -1.49. The zero-order valence-corrected chi connectivity index (χ0v) is 20.9. The normalized spacial score (nSPS) is 12.7. The lowest BCUT2D eigenvalue weighted by Crippen LogP contribution is -2.67. The summed E-state index contributed by atoms with van der Waals surface area (Å²) in [6, 6.07) is 29.3. The van der Waals surface area contributed by atoms with Crippen LogP contribution in [0.25, 0.3) is 0 Å². The Kier molecular flexibility index (Phi) is 8.42. The van der Waals surface area contributed by atoms with Gasteiger partial charge >= 0.3 is 11.9 Å². The van der Waals surface area contributed by atoms with Gasteiger partial charge in [-0.1, -0.05) is 112 Å². The van der Waals surface area contributed by atoms with Gasteiger partial charge in [-0.25, -0.2) is 0 Å². The molecule has 5 nitrogen and oxygen atoms in total. The number of carboxylic acids is 1. The Bertz CT molecular complexity index is 1020. The van der Waals surface area contributed by atoms with Gasteiger partial charge in [-0.05, 0) is 21.0 Å². The highest BCUT2D eigenvalue weighted by Crippen LogP contribution is 2.38. The number of carboxylic acid groups (broad SMARTS) is 1. The Morgan fingerprint density at radius 1 is 0.794 bits per heavy atom. The van der Waals surface area contributed by atoms with Crippen molar-refractivity contribution < 1.29 is 23.9 Å². The molecule has 178 valence electrons. The first-order chi connectivity index (χ1) is 16.2. The zero-order valence-electron chi connectivity index (χ0n) is 19.9. The predicted octanol–water partition coefficient (Wildman–Crippen LogP) is 4.54. The van der Waals surface area contributed by atoms with Crippen molar-refractivity contribution in [3.05, 3.63) is 96.6 Å². The molecular formula is C28H32O5Si. The highest BCUT2D eigenvalue weighted by atomic mass is 28.4. The van der Waals surface area contributed by atoms with Gasteiger partial charge in [-0.2, -0.15) is 0 Å². The van der Waals surface area contributed by atoms with E-state index in [0.717, 1.165) is 15.9 Å². The molecule has 0 amide bonds. The van der Waals surface area contributed by atoms with Gasteiger partial charge in [-0.15, -0.1) is 0 Å². The minimum atomic E-state index is -3.00. The molecule has 0 aliphatic heterocycles. The zero-order chi connectivity index (χ0) is 24.6. The van der Waals surface area contributed by atoms with Crippen LogP contribution in [-0.4, -0.2) is 31.5 Å². The van der Waals surface area contributed by atoms with E-state index in [9.17, 15) is 14.7 Å². The molecule has 0 aromatic heterocycles. The quantitative estimate of drug-likeness (QED) is 0.344. The third-order valence-corrected chi connectivity index (χ3v) is 10.9. The van der Waals surface area contributed by atoms with Crippen LogP contribution < -0.4 is 10.4 Å². The van der Waals surface area contributed by atoms with Crippen LogP contribution in [0, 0.1) is 0 Å². The first-order valence-electron chi connectivity index (χ1n) is 11.4. The second-order valence-corrected chi connectivity index (χ2v) is 13.6. The van der Waals surface area contributed by atoms with Gasteiger partial charge in [0.05, 0.1) is 18.9 Å². The first kappa shape index (κ1) is 25.4. The molecule has 0 aliphatic rings. The monoisotopic (exact) mass is 476 g/mol. The molecule has 1 N–H and O–H groups in total. The molecule has 0 bridgehead atoms. The fraction of sp³-hybridized carbons (Fsp3) is 0.286. The van der Waals surface area contributed by atoms with Crippen molar-refractivity contribution in [2.45, 2.75) is 51.4 Å². The fourth-order valence-corrected chi connectivity index (χ4v) is 8.96. The number of benzene rings is 3. The molecule has 3 aromatic rings. The van der Waals surface area contributed by atoms with E-state index in [1.165, 1.54) is 0 Å². The molecular weight excluding hydrogens is 444 g/mol. The average Bonchev–Trinajstić information content (AvgIpc) is 2.82. The molecule has 3 rings (SSSR count). The number of esters is 1. The second kappa shape index (κ2) is 11.3. The van der Waals surface area contributed by atoms with Crippen LogP contribution in [0.1, 0.15) is 39.2 Å². The topological polar surface area (TPSA) is 72.8 Å². The number of carbonyl (C=O) groups is 2. The number of aliphatic carboxylic acids is 1. The van der Waals surface area contributed by atoms with Crippen molar-refractivity contribution in [1.29, 1.82) is 0 Å². The molecule has 3 aromatic carbocycles. The summed E-state index contributed by atoms with van der Waals surface area (Å²) in [6.45, 7) is 6.49. The predicted molar refractivity (Wildman–Crippen MR) is 136 cm³/mol. The van der Waals surface area contributed by atoms with Crippen LogP contribution in [0.5, 0.6) is 0 Å². The SMILES string of the molecule is CC(C)(C)[Si](O[C@H](CC(=O)O)CC(=O)OCc1ccccc1)(c1ccccc1)c1ccccc1. The van der Waals surface area contributed by atoms with Crippen molar-refractivity contribution in [3.63, 3.8) is 0 Å².